The highest BCUT2D eigenvalue weighted by atomic mass is 79.9. The minimum absolute atomic E-state index is 0.00273. The first-order valence-corrected chi connectivity index (χ1v) is 9.18. The summed E-state index contributed by atoms with van der Waals surface area (Å²) in [4.78, 5) is 0.148. The maximum atomic E-state index is 12.9. The van der Waals surface area contributed by atoms with Crippen molar-refractivity contribution >= 4 is 43.2 Å². The summed E-state index contributed by atoms with van der Waals surface area (Å²) in [7, 11) is -3.60. The van der Waals surface area contributed by atoms with Gasteiger partial charge in [-0.05, 0) is 54.2 Å². The highest BCUT2D eigenvalue weighted by Crippen LogP contribution is 2.38. The van der Waals surface area contributed by atoms with Crippen molar-refractivity contribution in [2.45, 2.75) is 50.1 Å². The van der Waals surface area contributed by atoms with Crippen LogP contribution in [0.3, 0.4) is 0 Å². The molecule has 1 heterocycles. The molecule has 0 spiro atoms. The minimum atomic E-state index is -3.60. The van der Waals surface area contributed by atoms with Crippen LogP contribution in [0.15, 0.2) is 21.5 Å². The predicted molar refractivity (Wildman–Crippen MR) is 85.4 cm³/mol. The van der Waals surface area contributed by atoms with Gasteiger partial charge in [0.2, 0.25) is 10.0 Å². The Hall–Kier alpha value is -0.300. The second-order valence-electron chi connectivity index (χ2n) is 5.13. The van der Waals surface area contributed by atoms with Gasteiger partial charge in [0.05, 0.1) is 9.37 Å². The lowest BCUT2D eigenvalue weighted by Gasteiger charge is -2.27. The molecule has 0 saturated carbocycles. The molecule has 2 atom stereocenters. The number of hydrogen-bond donors (Lipinski definition) is 1. The van der Waals surface area contributed by atoms with Crippen LogP contribution in [0.5, 0.6) is 0 Å². The molecule has 0 amide bonds. The van der Waals surface area contributed by atoms with E-state index in [0.717, 1.165) is 19.3 Å². The molecule has 1 aromatic rings. The maximum absolute atomic E-state index is 12.9. The third-order valence-electron chi connectivity index (χ3n) is 3.77. The first-order chi connectivity index (χ1) is 9.28. The lowest BCUT2D eigenvalue weighted by atomic mass is 10.2. The zero-order valence-corrected chi connectivity index (χ0v) is 14.6. The molecule has 2 unspecified atom stereocenters. The van der Waals surface area contributed by atoms with E-state index in [9.17, 15) is 8.42 Å². The average Bonchev–Trinajstić information content (AvgIpc) is 2.75. The van der Waals surface area contributed by atoms with E-state index < -0.39 is 10.0 Å². The van der Waals surface area contributed by atoms with E-state index in [4.69, 9.17) is 17.3 Å². The fourth-order valence-corrected chi connectivity index (χ4v) is 5.96. The molecule has 0 aliphatic carbocycles. The Kier molecular flexibility index (Phi) is 4.69. The number of anilines is 1. The van der Waals surface area contributed by atoms with Crippen LogP contribution in [-0.2, 0) is 10.0 Å². The Morgan fingerprint density at radius 3 is 2.70 bits per heavy atom. The molecule has 2 N–H and O–H groups in total. The molecular weight excluding hydrogens is 364 g/mol. The molecule has 1 aliphatic rings. The summed E-state index contributed by atoms with van der Waals surface area (Å²) in [6.07, 6.45) is 2.58. The minimum Gasteiger partial charge on any atom is -0.398 e. The Bertz CT molecular complexity index is 621. The van der Waals surface area contributed by atoms with Crippen molar-refractivity contribution in [2.75, 3.05) is 5.73 Å². The van der Waals surface area contributed by atoms with Crippen LogP contribution in [0, 0.1) is 0 Å². The first kappa shape index (κ1) is 16.1. The first-order valence-electron chi connectivity index (χ1n) is 6.57. The molecule has 2 rings (SSSR count). The number of nitrogen functional groups attached to an aromatic ring is 1. The summed E-state index contributed by atoms with van der Waals surface area (Å²) in [6, 6.07) is 3.03. The van der Waals surface area contributed by atoms with Crippen molar-refractivity contribution in [1.82, 2.24) is 4.31 Å². The van der Waals surface area contributed by atoms with Gasteiger partial charge >= 0.3 is 0 Å². The lowest BCUT2D eigenvalue weighted by molar-refractivity contribution is 0.328. The molecule has 0 aromatic heterocycles. The number of rotatable bonds is 3. The van der Waals surface area contributed by atoms with Gasteiger partial charge in [-0.3, -0.25) is 0 Å². The van der Waals surface area contributed by atoms with Crippen molar-refractivity contribution in [3.05, 3.63) is 21.6 Å². The molecule has 1 aliphatic heterocycles. The molecule has 20 heavy (non-hydrogen) atoms. The largest absolute Gasteiger partial charge is 0.398 e. The third kappa shape index (κ3) is 2.71. The molecule has 7 heteroatoms. The quantitative estimate of drug-likeness (QED) is 0.813. The van der Waals surface area contributed by atoms with Crippen LogP contribution in [0.2, 0.25) is 5.02 Å². The summed E-state index contributed by atoms with van der Waals surface area (Å²) in [5.41, 5.74) is 6.13. The average molecular weight is 382 g/mol. The molecule has 112 valence electrons. The van der Waals surface area contributed by atoms with Crippen LogP contribution >= 0.6 is 27.5 Å². The smallest absolute Gasteiger partial charge is 0.244 e. The van der Waals surface area contributed by atoms with Crippen LogP contribution in [0.1, 0.15) is 33.1 Å². The number of nitrogens with zero attached hydrogens (tertiary/aromatic N) is 1. The number of hydrogen-bond acceptors (Lipinski definition) is 3. The maximum Gasteiger partial charge on any atom is 0.244 e. The van der Waals surface area contributed by atoms with Crippen molar-refractivity contribution in [3.8, 4) is 0 Å². The molecule has 0 radical (unpaired) electrons. The SMILES string of the molecule is CCC1CCC(C)N1S(=O)(=O)c1cc(Cl)cc(N)c1Br. The van der Waals surface area contributed by atoms with E-state index in [2.05, 4.69) is 15.9 Å². The van der Waals surface area contributed by atoms with Gasteiger partial charge in [0.1, 0.15) is 0 Å². The topological polar surface area (TPSA) is 63.4 Å². The normalized spacial score (nSPS) is 24.2. The lowest BCUT2D eigenvalue weighted by Crippen LogP contribution is -2.39. The molecule has 1 aromatic carbocycles. The van der Waals surface area contributed by atoms with Gasteiger partial charge in [-0.2, -0.15) is 4.31 Å². The predicted octanol–water partition coefficient (Wildman–Crippen LogP) is 3.64. The van der Waals surface area contributed by atoms with Gasteiger partial charge in [0.25, 0.3) is 0 Å². The number of sulfonamides is 1. The molecular formula is C13H18BrClN2O2S. The van der Waals surface area contributed by atoms with Gasteiger partial charge < -0.3 is 5.73 Å². The van der Waals surface area contributed by atoms with E-state index in [1.807, 2.05) is 13.8 Å². The van der Waals surface area contributed by atoms with Crippen molar-refractivity contribution in [2.24, 2.45) is 0 Å². The Balaban J connectivity index is 2.55. The van der Waals surface area contributed by atoms with Crippen LogP contribution in [-0.4, -0.2) is 24.8 Å². The van der Waals surface area contributed by atoms with Gasteiger partial charge in [-0.25, -0.2) is 8.42 Å². The summed E-state index contributed by atoms with van der Waals surface area (Å²) in [5, 5.41) is 0.323. The number of halogens is 2. The fraction of sp³-hybridized carbons (Fsp3) is 0.538. The highest BCUT2D eigenvalue weighted by molar-refractivity contribution is 9.10. The van der Waals surface area contributed by atoms with Gasteiger partial charge in [-0.1, -0.05) is 18.5 Å². The zero-order valence-electron chi connectivity index (χ0n) is 11.4. The summed E-state index contributed by atoms with van der Waals surface area (Å²) in [6.45, 7) is 3.95. The van der Waals surface area contributed by atoms with E-state index in [0.29, 0.717) is 15.2 Å². The second-order valence-corrected chi connectivity index (χ2v) is 8.17. The van der Waals surface area contributed by atoms with Gasteiger partial charge in [0, 0.05) is 22.8 Å². The van der Waals surface area contributed by atoms with Crippen molar-refractivity contribution in [3.63, 3.8) is 0 Å². The Labute approximate surface area is 133 Å². The molecule has 1 saturated heterocycles. The molecule has 0 bridgehead atoms. The van der Waals surface area contributed by atoms with Crippen molar-refractivity contribution < 1.29 is 8.42 Å². The van der Waals surface area contributed by atoms with Crippen LogP contribution in [0.25, 0.3) is 0 Å². The highest BCUT2D eigenvalue weighted by Gasteiger charge is 2.40. The van der Waals surface area contributed by atoms with Crippen molar-refractivity contribution in [1.29, 1.82) is 0 Å². The Morgan fingerprint density at radius 1 is 1.45 bits per heavy atom. The summed E-state index contributed by atoms with van der Waals surface area (Å²) < 4.78 is 27.8. The summed E-state index contributed by atoms with van der Waals surface area (Å²) >= 11 is 9.23. The van der Waals surface area contributed by atoms with E-state index >= 15 is 0 Å². The van der Waals surface area contributed by atoms with E-state index in [-0.39, 0.29) is 17.0 Å². The van der Waals surface area contributed by atoms with Gasteiger partial charge in [-0.15, -0.1) is 0 Å². The Morgan fingerprint density at radius 2 is 2.10 bits per heavy atom. The molecule has 1 fully saturated rings. The number of nitrogens with two attached hydrogens (primary N) is 1. The van der Waals surface area contributed by atoms with E-state index in [1.165, 1.54) is 12.1 Å². The summed E-state index contributed by atoms with van der Waals surface area (Å²) in [5.74, 6) is 0. The molecule has 4 nitrogen and oxygen atoms in total. The second kappa shape index (κ2) is 5.83. The van der Waals surface area contributed by atoms with Crippen LogP contribution in [0.4, 0.5) is 5.69 Å². The third-order valence-corrected chi connectivity index (χ3v) is 7.23. The van der Waals surface area contributed by atoms with Gasteiger partial charge in [0.15, 0.2) is 0 Å². The standard InChI is InChI=1S/C13H18BrClN2O2S/c1-3-10-5-4-8(2)17(10)20(18,19)12-7-9(15)6-11(16)13(12)14/h6-8,10H,3-5,16H2,1-2H3. The number of benzene rings is 1. The fourth-order valence-electron chi connectivity index (χ4n) is 2.75. The van der Waals surface area contributed by atoms with E-state index in [1.54, 1.807) is 4.31 Å². The zero-order chi connectivity index (χ0) is 15.1. The van der Waals surface area contributed by atoms with Crippen LogP contribution < -0.4 is 5.73 Å². The monoisotopic (exact) mass is 380 g/mol.